The minimum absolute atomic E-state index is 0.121. The molecule has 0 bridgehead atoms. The lowest BCUT2D eigenvalue weighted by Gasteiger charge is -2.16. The number of fused-ring (bicyclic) bond motifs is 1. The van der Waals surface area contributed by atoms with Gasteiger partial charge in [0.15, 0.2) is 0 Å². The number of aromatic nitrogens is 1. The number of aryl methyl sites for hydroxylation is 2. The number of hydrogen-bond donors (Lipinski definition) is 1. The third kappa shape index (κ3) is 5.02. The van der Waals surface area contributed by atoms with Crippen molar-refractivity contribution in [2.45, 2.75) is 18.7 Å². The molecule has 1 N–H and O–H groups in total. The van der Waals surface area contributed by atoms with Gasteiger partial charge in [-0.05, 0) is 43.7 Å². The van der Waals surface area contributed by atoms with Crippen LogP contribution in [0.15, 0.2) is 58.5 Å². The Hall–Kier alpha value is -2.81. The van der Waals surface area contributed by atoms with Crippen LogP contribution in [0, 0.1) is 13.8 Å². The molecule has 9 heteroatoms. The zero-order valence-electron chi connectivity index (χ0n) is 16.8. The summed E-state index contributed by atoms with van der Waals surface area (Å²) in [7, 11) is -2.44. The molecule has 0 saturated carbocycles. The Morgan fingerprint density at radius 3 is 2.50 bits per heavy atom. The second-order valence-electron chi connectivity index (χ2n) is 6.93. The molecule has 156 valence electrons. The van der Waals surface area contributed by atoms with Crippen LogP contribution in [-0.2, 0) is 14.8 Å². The van der Waals surface area contributed by atoms with Gasteiger partial charge in [-0.25, -0.2) is 18.8 Å². The predicted molar refractivity (Wildman–Crippen MR) is 118 cm³/mol. The van der Waals surface area contributed by atoms with Gasteiger partial charge in [0.05, 0.1) is 23.2 Å². The van der Waals surface area contributed by atoms with Gasteiger partial charge in [0.1, 0.15) is 5.15 Å². The molecule has 1 aromatic heterocycles. The highest BCUT2D eigenvalue weighted by Crippen LogP contribution is 2.20. The van der Waals surface area contributed by atoms with E-state index in [0.29, 0.717) is 5.56 Å². The molecular formula is C21H21ClN4O3S. The second-order valence-corrected chi connectivity index (χ2v) is 9.33. The van der Waals surface area contributed by atoms with E-state index in [2.05, 4.69) is 15.5 Å². The maximum atomic E-state index is 12.5. The highest BCUT2D eigenvalue weighted by atomic mass is 35.5. The smallest absolute Gasteiger partial charge is 0.255 e. The second kappa shape index (κ2) is 8.91. The van der Waals surface area contributed by atoms with E-state index >= 15 is 0 Å². The van der Waals surface area contributed by atoms with Gasteiger partial charge in [-0.3, -0.25) is 4.79 Å². The largest absolute Gasteiger partial charge is 0.272 e. The Morgan fingerprint density at radius 1 is 1.13 bits per heavy atom. The summed E-state index contributed by atoms with van der Waals surface area (Å²) in [6.07, 6.45) is 1.38. The van der Waals surface area contributed by atoms with E-state index in [-0.39, 0.29) is 16.6 Å². The van der Waals surface area contributed by atoms with Crippen LogP contribution in [0.25, 0.3) is 10.9 Å². The van der Waals surface area contributed by atoms with Crippen molar-refractivity contribution < 1.29 is 13.2 Å². The molecule has 0 saturated heterocycles. The van der Waals surface area contributed by atoms with Crippen molar-refractivity contribution in [2.75, 3.05) is 13.6 Å². The van der Waals surface area contributed by atoms with E-state index in [4.69, 9.17) is 11.6 Å². The maximum absolute atomic E-state index is 12.5. The molecule has 0 radical (unpaired) electrons. The van der Waals surface area contributed by atoms with Crippen molar-refractivity contribution >= 4 is 44.6 Å². The highest BCUT2D eigenvalue weighted by molar-refractivity contribution is 7.89. The Labute approximate surface area is 180 Å². The van der Waals surface area contributed by atoms with Gasteiger partial charge in [-0.1, -0.05) is 41.4 Å². The number of hydrogen-bond acceptors (Lipinski definition) is 5. The average molecular weight is 445 g/mol. The Kier molecular flexibility index (Phi) is 6.50. The van der Waals surface area contributed by atoms with Crippen LogP contribution in [-0.4, -0.2) is 43.4 Å². The van der Waals surface area contributed by atoms with Crippen LogP contribution in [0.3, 0.4) is 0 Å². The first kappa shape index (κ1) is 21.9. The van der Waals surface area contributed by atoms with E-state index in [1.165, 1.54) is 25.4 Å². The van der Waals surface area contributed by atoms with Crippen molar-refractivity contribution in [1.82, 2.24) is 14.7 Å². The normalized spacial score (nSPS) is 12.0. The molecule has 0 atom stereocenters. The van der Waals surface area contributed by atoms with Gasteiger partial charge in [0, 0.05) is 18.0 Å². The van der Waals surface area contributed by atoms with Crippen LogP contribution in [0.5, 0.6) is 0 Å². The fourth-order valence-electron chi connectivity index (χ4n) is 2.75. The quantitative estimate of drug-likeness (QED) is 0.359. The van der Waals surface area contributed by atoms with E-state index in [1.54, 1.807) is 12.1 Å². The summed E-state index contributed by atoms with van der Waals surface area (Å²) in [6.45, 7) is 3.45. The number of pyridine rings is 1. The Bertz CT molecular complexity index is 1220. The molecule has 0 aliphatic carbocycles. The monoisotopic (exact) mass is 444 g/mol. The summed E-state index contributed by atoms with van der Waals surface area (Å²) < 4.78 is 26.1. The Morgan fingerprint density at radius 2 is 1.80 bits per heavy atom. The lowest BCUT2D eigenvalue weighted by Crippen LogP contribution is -2.36. The van der Waals surface area contributed by atoms with Gasteiger partial charge in [-0.2, -0.15) is 9.41 Å². The fraction of sp³-hybridized carbons (Fsp3) is 0.190. The number of benzene rings is 2. The lowest BCUT2D eigenvalue weighted by molar-refractivity contribution is -0.121. The van der Waals surface area contributed by atoms with Gasteiger partial charge in [0.25, 0.3) is 5.91 Å². The molecule has 3 aromatic rings. The molecule has 0 spiro atoms. The summed E-state index contributed by atoms with van der Waals surface area (Å²) in [4.78, 5) is 16.6. The summed E-state index contributed by atoms with van der Waals surface area (Å²) >= 11 is 6.19. The zero-order chi connectivity index (χ0) is 21.9. The molecule has 1 amide bonds. The number of halogens is 1. The molecule has 0 fully saturated rings. The molecule has 3 rings (SSSR count). The number of carbonyl (C=O) groups is 1. The number of sulfonamides is 1. The van der Waals surface area contributed by atoms with Gasteiger partial charge < -0.3 is 0 Å². The number of likely N-dealkylation sites (N-methyl/N-ethyl adjacent to an activating group) is 1. The van der Waals surface area contributed by atoms with Crippen LogP contribution in [0.2, 0.25) is 5.15 Å². The maximum Gasteiger partial charge on any atom is 0.255 e. The first-order chi connectivity index (χ1) is 14.2. The van der Waals surface area contributed by atoms with Gasteiger partial charge >= 0.3 is 0 Å². The zero-order valence-corrected chi connectivity index (χ0v) is 18.3. The summed E-state index contributed by atoms with van der Waals surface area (Å²) in [6, 6.07) is 14.0. The first-order valence-corrected chi connectivity index (χ1v) is 10.9. The first-order valence-electron chi connectivity index (χ1n) is 9.08. The van der Waals surface area contributed by atoms with Crippen LogP contribution >= 0.6 is 11.6 Å². The standard InChI is InChI=1S/C21H21ClN4O3S/c1-14-5-8-18(9-6-14)30(28,29)26(3)13-20(27)25-23-12-17-11-16-7-4-15(2)10-19(16)24-21(17)22/h4-12H,13H2,1-3H3,(H,25,27)/b23-12+. The van der Waals surface area contributed by atoms with Crippen molar-refractivity contribution in [3.05, 3.63) is 70.4 Å². The molecule has 30 heavy (non-hydrogen) atoms. The van der Waals surface area contributed by atoms with Crippen LogP contribution in [0.1, 0.15) is 16.7 Å². The number of nitrogens with one attached hydrogen (secondary N) is 1. The van der Waals surface area contributed by atoms with Crippen LogP contribution in [0.4, 0.5) is 0 Å². The van der Waals surface area contributed by atoms with E-state index in [0.717, 1.165) is 26.3 Å². The summed E-state index contributed by atoms with van der Waals surface area (Å²) in [5.41, 5.74) is 5.64. The van der Waals surface area contributed by atoms with E-state index < -0.39 is 15.9 Å². The van der Waals surface area contributed by atoms with Crippen molar-refractivity contribution in [3.63, 3.8) is 0 Å². The molecule has 1 heterocycles. The minimum Gasteiger partial charge on any atom is -0.272 e. The SMILES string of the molecule is Cc1ccc(S(=O)(=O)N(C)CC(=O)N/N=C/c2cc3ccc(C)cc3nc2Cl)cc1. The van der Waals surface area contributed by atoms with Crippen LogP contribution < -0.4 is 5.43 Å². The summed E-state index contributed by atoms with van der Waals surface area (Å²) in [5, 5.41) is 5.02. The fourth-order valence-corrected chi connectivity index (χ4v) is 4.07. The molecule has 2 aromatic carbocycles. The topological polar surface area (TPSA) is 91.7 Å². The number of nitrogens with zero attached hydrogens (tertiary/aromatic N) is 3. The van der Waals surface area contributed by atoms with Gasteiger partial charge in [0.2, 0.25) is 10.0 Å². The minimum atomic E-state index is -3.77. The third-order valence-corrected chi connectivity index (χ3v) is 6.56. The Balaban J connectivity index is 1.66. The summed E-state index contributed by atoms with van der Waals surface area (Å²) in [5.74, 6) is -0.579. The third-order valence-electron chi connectivity index (χ3n) is 4.44. The lowest BCUT2D eigenvalue weighted by atomic mass is 10.1. The average Bonchev–Trinajstić information content (AvgIpc) is 2.68. The number of amides is 1. The highest BCUT2D eigenvalue weighted by Gasteiger charge is 2.22. The molecule has 0 aliphatic rings. The molecular weight excluding hydrogens is 424 g/mol. The van der Waals surface area contributed by atoms with Gasteiger partial charge in [-0.15, -0.1) is 0 Å². The molecule has 0 aliphatic heterocycles. The van der Waals surface area contributed by atoms with E-state index in [1.807, 2.05) is 38.1 Å². The number of rotatable bonds is 6. The van der Waals surface area contributed by atoms with Crippen molar-refractivity contribution in [1.29, 1.82) is 0 Å². The van der Waals surface area contributed by atoms with Crippen molar-refractivity contribution in [2.24, 2.45) is 5.10 Å². The predicted octanol–water partition coefficient (Wildman–Crippen LogP) is 3.28. The molecule has 7 nitrogen and oxygen atoms in total. The van der Waals surface area contributed by atoms with E-state index in [9.17, 15) is 13.2 Å². The van der Waals surface area contributed by atoms with Crippen molar-refractivity contribution in [3.8, 4) is 0 Å². The number of carbonyl (C=O) groups excluding carboxylic acids is 1. The number of hydrazone groups is 1. The molecule has 0 unspecified atom stereocenters.